The van der Waals surface area contributed by atoms with Crippen molar-refractivity contribution in [3.63, 3.8) is 0 Å². The van der Waals surface area contributed by atoms with Gasteiger partial charge in [-0.05, 0) is 73.5 Å². The number of non-ortho nitro benzene ring substituents is 2. The van der Waals surface area contributed by atoms with Gasteiger partial charge in [0.15, 0.2) is 0 Å². The lowest BCUT2D eigenvalue weighted by Crippen LogP contribution is -2.14. The standard InChI is InChI=1S/2C13H10Cl2N2O4S/c2*1-8-6-10(17(18)19)3-5-12(8)16-22(20,21)13-7-9(14)2-4-11(13)15/h2*2-7,16H,1H3. The van der Waals surface area contributed by atoms with E-state index in [9.17, 15) is 37.1 Å². The Morgan fingerprint density at radius 3 is 1.20 bits per heavy atom. The van der Waals surface area contributed by atoms with Crippen molar-refractivity contribution in [1.82, 2.24) is 0 Å². The molecule has 0 bridgehead atoms. The quantitative estimate of drug-likeness (QED) is 0.136. The summed E-state index contributed by atoms with van der Waals surface area (Å²) < 4.78 is 54.1. The first kappa shape index (κ1) is 34.8. The minimum atomic E-state index is -3.96. The van der Waals surface area contributed by atoms with E-state index in [0.717, 1.165) is 0 Å². The van der Waals surface area contributed by atoms with Gasteiger partial charge in [-0.25, -0.2) is 16.8 Å². The van der Waals surface area contributed by atoms with Crippen molar-refractivity contribution in [2.45, 2.75) is 23.6 Å². The summed E-state index contributed by atoms with van der Waals surface area (Å²) >= 11 is 23.3. The van der Waals surface area contributed by atoms with Gasteiger partial charge < -0.3 is 0 Å². The van der Waals surface area contributed by atoms with Gasteiger partial charge in [0.05, 0.1) is 31.3 Å². The molecular formula is C26H20Cl4N4O8S2. The van der Waals surface area contributed by atoms with Crippen molar-refractivity contribution in [2.24, 2.45) is 0 Å². The molecule has 0 amide bonds. The number of benzene rings is 4. The summed E-state index contributed by atoms with van der Waals surface area (Å²) in [4.78, 5) is 19.9. The lowest BCUT2D eigenvalue weighted by atomic mass is 10.2. The first-order valence-electron chi connectivity index (χ1n) is 11.9. The molecule has 12 nitrogen and oxygen atoms in total. The summed E-state index contributed by atoms with van der Waals surface area (Å²) in [6, 6.07) is 15.8. The monoisotopic (exact) mass is 720 g/mol. The van der Waals surface area contributed by atoms with Crippen molar-refractivity contribution < 1.29 is 26.7 Å². The number of aryl methyl sites for hydroxylation is 2. The normalized spacial score (nSPS) is 11.2. The molecule has 0 saturated heterocycles. The molecule has 232 valence electrons. The first-order chi connectivity index (χ1) is 20.4. The highest BCUT2D eigenvalue weighted by Crippen LogP contribution is 2.30. The molecule has 0 aliphatic heterocycles. The summed E-state index contributed by atoms with van der Waals surface area (Å²) in [5, 5.41) is 21.9. The number of hydrogen-bond acceptors (Lipinski definition) is 8. The third-order valence-electron chi connectivity index (χ3n) is 5.70. The Hall–Kier alpha value is -3.66. The van der Waals surface area contributed by atoms with Crippen LogP contribution in [0.3, 0.4) is 0 Å². The minimum Gasteiger partial charge on any atom is -0.279 e. The molecule has 2 N–H and O–H groups in total. The van der Waals surface area contributed by atoms with Crippen LogP contribution < -0.4 is 9.44 Å². The number of halogens is 4. The van der Waals surface area contributed by atoms with Crippen LogP contribution in [0.15, 0.2) is 82.6 Å². The highest BCUT2D eigenvalue weighted by atomic mass is 35.5. The van der Waals surface area contributed by atoms with Crippen LogP contribution in [0, 0.1) is 34.1 Å². The predicted octanol–water partition coefficient (Wildman–Crippen LogP) is 8.02. The van der Waals surface area contributed by atoms with Crippen LogP contribution in [0.5, 0.6) is 0 Å². The fraction of sp³-hybridized carbons (Fsp3) is 0.0769. The van der Waals surface area contributed by atoms with E-state index in [-0.39, 0.29) is 52.6 Å². The number of nitrogens with zero attached hydrogens (tertiary/aromatic N) is 2. The molecule has 0 aromatic heterocycles. The Labute approximate surface area is 271 Å². The highest BCUT2D eigenvalue weighted by Gasteiger charge is 2.21. The topological polar surface area (TPSA) is 179 Å². The number of hydrogen-bond donors (Lipinski definition) is 2. The molecule has 0 spiro atoms. The average Bonchev–Trinajstić information content (AvgIpc) is 2.93. The molecule has 4 aromatic rings. The highest BCUT2D eigenvalue weighted by molar-refractivity contribution is 7.93. The Morgan fingerprint density at radius 2 is 0.909 bits per heavy atom. The van der Waals surface area contributed by atoms with Gasteiger partial charge in [0, 0.05) is 34.3 Å². The minimum absolute atomic E-state index is 0.0245. The smallest absolute Gasteiger partial charge is 0.269 e. The van der Waals surface area contributed by atoms with Crippen LogP contribution in [0.25, 0.3) is 0 Å². The molecular weight excluding hydrogens is 702 g/mol. The van der Waals surface area contributed by atoms with Gasteiger partial charge in [-0.3, -0.25) is 29.7 Å². The second kappa shape index (κ2) is 14.0. The number of anilines is 2. The Balaban J connectivity index is 0.000000240. The van der Waals surface area contributed by atoms with Crippen LogP contribution in [0.2, 0.25) is 20.1 Å². The van der Waals surface area contributed by atoms with Crippen LogP contribution in [-0.4, -0.2) is 26.7 Å². The summed E-state index contributed by atoms with van der Waals surface area (Å²) in [6.45, 7) is 3.12. The molecule has 0 saturated carbocycles. The van der Waals surface area contributed by atoms with E-state index in [4.69, 9.17) is 46.4 Å². The molecule has 0 aliphatic carbocycles. The van der Waals surface area contributed by atoms with Gasteiger partial charge in [-0.2, -0.15) is 0 Å². The van der Waals surface area contributed by atoms with Crippen LogP contribution in [0.4, 0.5) is 22.7 Å². The maximum atomic E-state index is 12.4. The molecule has 18 heteroatoms. The first-order valence-corrected chi connectivity index (χ1v) is 16.3. The van der Waals surface area contributed by atoms with Crippen molar-refractivity contribution in [3.8, 4) is 0 Å². The summed E-state index contributed by atoms with van der Waals surface area (Å²) in [5.74, 6) is 0. The fourth-order valence-corrected chi connectivity index (χ4v) is 7.31. The van der Waals surface area contributed by atoms with E-state index in [0.29, 0.717) is 11.1 Å². The Bertz CT molecular complexity index is 1850. The molecule has 4 rings (SSSR count). The molecule has 0 atom stereocenters. The van der Waals surface area contributed by atoms with E-state index in [2.05, 4.69) is 9.44 Å². The van der Waals surface area contributed by atoms with E-state index in [1.165, 1.54) is 72.8 Å². The van der Waals surface area contributed by atoms with Gasteiger partial charge >= 0.3 is 0 Å². The van der Waals surface area contributed by atoms with Crippen LogP contribution in [-0.2, 0) is 20.0 Å². The van der Waals surface area contributed by atoms with Crippen molar-refractivity contribution in [2.75, 3.05) is 9.44 Å². The molecule has 0 heterocycles. The molecule has 44 heavy (non-hydrogen) atoms. The van der Waals surface area contributed by atoms with Gasteiger partial charge in [0.1, 0.15) is 9.79 Å². The summed E-state index contributed by atoms with van der Waals surface area (Å²) in [6.07, 6.45) is 0. The van der Waals surface area contributed by atoms with Gasteiger partial charge in [-0.1, -0.05) is 46.4 Å². The molecule has 0 radical (unpaired) electrons. The molecule has 0 fully saturated rings. The average molecular weight is 722 g/mol. The van der Waals surface area contributed by atoms with Gasteiger partial charge in [0.2, 0.25) is 0 Å². The zero-order valence-electron chi connectivity index (χ0n) is 22.4. The van der Waals surface area contributed by atoms with E-state index < -0.39 is 29.9 Å². The number of rotatable bonds is 8. The lowest BCUT2D eigenvalue weighted by Gasteiger charge is -2.11. The SMILES string of the molecule is Cc1cc([N+](=O)[O-])ccc1NS(=O)(=O)c1cc(Cl)ccc1Cl.Cc1cc([N+](=O)[O-])ccc1NS(=O)(=O)c1cc(Cl)ccc1Cl. The number of nitro groups is 2. The second-order valence-electron chi connectivity index (χ2n) is 8.87. The predicted molar refractivity (Wildman–Crippen MR) is 170 cm³/mol. The largest absolute Gasteiger partial charge is 0.279 e. The van der Waals surface area contributed by atoms with Crippen molar-refractivity contribution in [1.29, 1.82) is 0 Å². The fourth-order valence-electron chi connectivity index (χ4n) is 3.52. The number of sulfonamides is 2. The van der Waals surface area contributed by atoms with Crippen LogP contribution >= 0.6 is 46.4 Å². The van der Waals surface area contributed by atoms with Crippen LogP contribution in [0.1, 0.15) is 11.1 Å². The number of nitrogens with one attached hydrogen (secondary N) is 2. The zero-order valence-corrected chi connectivity index (χ0v) is 27.1. The molecule has 0 unspecified atom stereocenters. The molecule has 4 aromatic carbocycles. The maximum absolute atomic E-state index is 12.4. The Kier molecular flexibility index (Phi) is 11.1. The third-order valence-corrected chi connectivity index (χ3v) is 9.86. The van der Waals surface area contributed by atoms with Crippen molar-refractivity contribution in [3.05, 3.63) is 124 Å². The maximum Gasteiger partial charge on any atom is 0.269 e. The summed E-state index contributed by atoms with van der Waals surface area (Å²) in [5.41, 5.74) is 1.03. The number of nitro benzene ring substituents is 2. The van der Waals surface area contributed by atoms with E-state index in [1.54, 1.807) is 13.8 Å². The summed E-state index contributed by atoms with van der Waals surface area (Å²) in [7, 11) is -7.92. The van der Waals surface area contributed by atoms with E-state index in [1.807, 2.05) is 0 Å². The lowest BCUT2D eigenvalue weighted by molar-refractivity contribution is -0.385. The van der Waals surface area contributed by atoms with E-state index >= 15 is 0 Å². The molecule has 0 aliphatic rings. The third kappa shape index (κ3) is 8.71. The Morgan fingerprint density at radius 1 is 0.568 bits per heavy atom. The zero-order chi connectivity index (χ0) is 33.0. The second-order valence-corrected chi connectivity index (χ2v) is 13.9. The van der Waals surface area contributed by atoms with Gasteiger partial charge in [0.25, 0.3) is 31.4 Å². The van der Waals surface area contributed by atoms with Crippen molar-refractivity contribution >= 4 is 89.2 Å². The van der Waals surface area contributed by atoms with Gasteiger partial charge in [-0.15, -0.1) is 0 Å².